The maximum absolute atomic E-state index is 5.04. The van der Waals surface area contributed by atoms with Crippen molar-refractivity contribution in [1.29, 1.82) is 0 Å². The van der Waals surface area contributed by atoms with E-state index in [2.05, 4.69) is 15.9 Å². The van der Waals surface area contributed by atoms with Gasteiger partial charge in [-0.25, -0.2) is 0 Å². The third-order valence-corrected chi connectivity index (χ3v) is 2.75. The van der Waals surface area contributed by atoms with E-state index < -0.39 is 0 Å². The predicted molar refractivity (Wildman–Crippen MR) is 56.9 cm³/mol. The highest BCUT2D eigenvalue weighted by atomic mass is 79.9. The van der Waals surface area contributed by atoms with Crippen molar-refractivity contribution in [2.45, 2.75) is 4.90 Å². The van der Waals surface area contributed by atoms with Gasteiger partial charge in [0.25, 0.3) is 0 Å². The molecule has 0 aliphatic carbocycles. The van der Waals surface area contributed by atoms with Gasteiger partial charge in [-0.1, -0.05) is 27.7 Å². The molecule has 0 unspecified atom stereocenters. The highest BCUT2D eigenvalue weighted by Gasteiger charge is 1.91. The van der Waals surface area contributed by atoms with Crippen LogP contribution in [-0.2, 0) is 0 Å². The Bertz CT molecular complexity index is 256. The molecule has 64 valence electrons. The zero-order chi connectivity index (χ0) is 8.81. The van der Waals surface area contributed by atoms with E-state index >= 15 is 0 Å². The minimum Gasteiger partial charge on any atom is -0.497 e. The number of hydrogen-bond donors (Lipinski definition) is 0. The Balaban J connectivity index is 2.64. The van der Waals surface area contributed by atoms with E-state index in [9.17, 15) is 0 Å². The topological polar surface area (TPSA) is 9.23 Å². The monoisotopic (exact) mass is 244 g/mol. The molecular formula is C9H9BrOS. The first-order valence-electron chi connectivity index (χ1n) is 3.43. The molecule has 0 N–H and O–H groups in total. The molecule has 0 radical (unpaired) electrons. The normalized spacial score (nSPS) is 10.5. The molecule has 1 nitrogen and oxygen atoms in total. The molecule has 0 fully saturated rings. The molecule has 0 bridgehead atoms. The molecule has 0 heterocycles. The van der Waals surface area contributed by atoms with E-state index in [0.29, 0.717) is 0 Å². The van der Waals surface area contributed by atoms with E-state index in [-0.39, 0.29) is 0 Å². The number of halogens is 1. The maximum atomic E-state index is 5.04. The van der Waals surface area contributed by atoms with Crippen LogP contribution in [0.2, 0.25) is 0 Å². The molecule has 0 aliphatic rings. The SMILES string of the molecule is COc1ccc(SC=CBr)cc1. The molecule has 0 atom stereocenters. The van der Waals surface area contributed by atoms with Crippen LogP contribution in [-0.4, -0.2) is 7.11 Å². The second-order valence-corrected chi connectivity index (χ2v) is 3.56. The van der Waals surface area contributed by atoms with Crippen LogP contribution in [0.25, 0.3) is 0 Å². The van der Waals surface area contributed by atoms with Crippen molar-refractivity contribution >= 4 is 27.7 Å². The smallest absolute Gasteiger partial charge is 0.118 e. The van der Waals surface area contributed by atoms with Gasteiger partial charge in [0, 0.05) is 4.90 Å². The first-order valence-corrected chi connectivity index (χ1v) is 5.22. The van der Waals surface area contributed by atoms with Crippen molar-refractivity contribution in [1.82, 2.24) is 0 Å². The Morgan fingerprint density at radius 3 is 2.50 bits per heavy atom. The molecule has 1 aromatic carbocycles. The van der Waals surface area contributed by atoms with Gasteiger partial charge in [0.1, 0.15) is 5.75 Å². The fourth-order valence-electron chi connectivity index (χ4n) is 0.759. The fraction of sp³-hybridized carbons (Fsp3) is 0.111. The van der Waals surface area contributed by atoms with Gasteiger partial charge in [-0.15, -0.1) is 0 Å². The van der Waals surface area contributed by atoms with Crippen molar-refractivity contribution < 1.29 is 4.74 Å². The lowest BCUT2D eigenvalue weighted by molar-refractivity contribution is 0.414. The Kier molecular flexibility index (Phi) is 4.25. The lowest BCUT2D eigenvalue weighted by atomic mass is 10.3. The Morgan fingerprint density at radius 2 is 2.00 bits per heavy atom. The van der Waals surface area contributed by atoms with E-state index in [1.54, 1.807) is 18.9 Å². The molecule has 0 aromatic heterocycles. The average molecular weight is 245 g/mol. The third-order valence-electron chi connectivity index (χ3n) is 1.31. The summed E-state index contributed by atoms with van der Waals surface area (Å²) in [5.74, 6) is 0.891. The summed E-state index contributed by atoms with van der Waals surface area (Å²) in [7, 11) is 1.67. The van der Waals surface area contributed by atoms with Gasteiger partial charge >= 0.3 is 0 Å². The van der Waals surface area contributed by atoms with Gasteiger partial charge in [0.05, 0.1) is 7.11 Å². The highest BCUT2D eigenvalue weighted by Crippen LogP contribution is 2.22. The highest BCUT2D eigenvalue weighted by molar-refractivity contribution is 9.11. The summed E-state index contributed by atoms with van der Waals surface area (Å²) in [6, 6.07) is 7.95. The largest absolute Gasteiger partial charge is 0.497 e. The quantitative estimate of drug-likeness (QED) is 0.751. The number of methoxy groups -OCH3 is 1. The number of hydrogen-bond acceptors (Lipinski definition) is 2. The first-order chi connectivity index (χ1) is 5.86. The molecule has 3 heteroatoms. The van der Waals surface area contributed by atoms with Crippen LogP contribution in [0.5, 0.6) is 5.75 Å². The zero-order valence-corrected chi connectivity index (χ0v) is 9.06. The molecule has 0 amide bonds. The lowest BCUT2D eigenvalue weighted by Crippen LogP contribution is -1.80. The Morgan fingerprint density at radius 1 is 1.33 bits per heavy atom. The van der Waals surface area contributed by atoms with Crippen LogP contribution < -0.4 is 4.74 Å². The summed E-state index contributed by atoms with van der Waals surface area (Å²) >= 11 is 4.87. The van der Waals surface area contributed by atoms with Crippen LogP contribution >= 0.6 is 27.7 Å². The Hall–Kier alpha value is -0.410. The van der Waals surface area contributed by atoms with E-state index in [4.69, 9.17) is 4.74 Å². The summed E-state index contributed by atoms with van der Waals surface area (Å²) < 4.78 is 5.04. The molecule has 1 rings (SSSR count). The number of ether oxygens (including phenoxy) is 1. The first kappa shape index (κ1) is 9.68. The van der Waals surface area contributed by atoms with Gasteiger partial charge in [0.15, 0.2) is 0 Å². The molecule has 12 heavy (non-hydrogen) atoms. The number of rotatable bonds is 3. The molecule has 0 aliphatic heterocycles. The standard InChI is InChI=1S/C9H9BrOS/c1-11-8-2-4-9(5-3-8)12-7-6-10/h2-7H,1H3. The van der Waals surface area contributed by atoms with Crippen LogP contribution in [0.4, 0.5) is 0 Å². The van der Waals surface area contributed by atoms with Gasteiger partial charge < -0.3 is 4.74 Å². The lowest BCUT2D eigenvalue weighted by Gasteiger charge is -1.99. The predicted octanol–water partition coefficient (Wildman–Crippen LogP) is 3.65. The van der Waals surface area contributed by atoms with Gasteiger partial charge in [-0.3, -0.25) is 0 Å². The molecule has 1 aromatic rings. The van der Waals surface area contributed by atoms with Crippen molar-refractivity contribution in [3.8, 4) is 5.75 Å². The van der Waals surface area contributed by atoms with Crippen molar-refractivity contribution in [3.05, 3.63) is 34.7 Å². The molecule has 0 saturated carbocycles. The number of thioether (sulfide) groups is 1. The van der Waals surface area contributed by atoms with Gasteiger partial charge in [-0.05, 0) is 34.7 Å². The van der Waals surface area contributed by atoms with Crippen LogP contribution in [0, 0.1) is 0 Å². The van der Waals surface area contributed by atoms with Crippen LogP contribution in [0.1, 0.15) is 0 Å². The molecule has 0 saturated heterocycles. The van der Waals surface area contributed by atoms with E-state index in [0.717, 1.165) is 5.75 Å². The summed E-state index contributed by atoms with van der Waals surface area (Å²) in [6.45, 7) is 0. The summed E-state index contributed by atoms with van der Waals surface area (Å²) in [5, 5.41) is 1.97. The van der Waals surface area contributed by atoms with Crippen LogP contribution in [0.3, 0.4) is 0 Å². The summed E-state index contributed by atoms with van der Waals surface area (Å²) in [4.78, 5) is 3.04. The average Bonchev–Trinajstić information content (AvgIpc) is 2.15. The number of benzene rings is 1. The van der Waals surface area contributed by atoms with Crippen molar-refractivity contribution in [2.75, 3.05) is 7.11 Å². The third kappa shape index (κ3) is 2.91. The maximum Gasteiger partial charge on any atom is 0.118 e. The second-order valence-electron chi connectivity index (χ2n) is 2.06. The van der Waals surface area contributed by atoms with E-state index in [1.165, 1.54) is 4.90 Å². The second kappa shape index (κ2) is 5.27. The van der Waals surface area contributed by atoms with Crippen molar-refractivity contribution in [2.24, 2.45) is 0 Å². The summed E-state index contributed by atoms with van der Waals surface area (Å²) in [5.41, 5.74) is 0. The minimum atomic E-state index is 0.891. The molecular weight excluding hydrogens is 236 g/mol. The van der Waals surface area contributed by atoms with E-state index in [1.807, 2.05) is 34.7 Å². The summed E-state index contributed by atoms with van der Waals surface area (Å²) in [6.07, 6.45) is 0. The van der Waals surface area contributed by atoms with Gasteiger partial charge in [0.2, 0.25) is 0 Å². The molecule has 0 spiro atoms. The zero-order valence-electron chi connectivity index (χ0n) is 6.66. The fourth-order valence-corrected chi connectivity index (χ4v) is 1.58. The van der Waals surface area contributed by atoms with Crippen molar-refractivity contribution in [3.63, 3.8) is 0 Å². The minimum absolute atomic E-state index is 0.891. The van der Waals surface area contributed by atoms with Crippen LogP contribution in [0.15, 0.2) is 39.6 Å². The van der Waals surface area contributed by atoms with Gasteiger partial charge in [-0.2, -0.15) is 0 Å². The Labute approximate surface area is 84.9 Å².